The van der Waals surface area contributed by atoms with Crippen LogP contribution in [0.4, 0.5) is 5.69 Å². The first-order chi connectivity index (χ1) is 8.70. The summed E-state index contributed by atoms with van der Waals surface area (Å²) < 4.78 is 6.46. The van der Waals surface area contributed by atoms with Crippen molar-refractivity contribution in [2.24, 2.45) is 0 Å². The van der Waals surface area contributed by atoms with E-state index in [2.05, 4.69) is 15.9 Å². The van der Waals surface area contributed by atoms with E-state index in [4.69, 9.17) is 15.6 Å². The van der Waals surface area contributed by atoms with E-state index >= 15 is 0 Å². The molecule has 18 heavy (non-hydrogen) atoms. The highest BCUT2D eigenvalue weighted by molar-refractivity contribution is 9.10. The molecule has 3 nitrogen and oxygen atoms in total. The number of hydrogen-bond acceptors (Lipinski definition) is 3. The topological polar surface area (TPSA) is 55.5 Å². The summed E-state index contributed by atoms with van der Waals surface area (Å²) >= 11 is 3.39. The van der Waals surface area contributed by atoms with E-state index < -0.39 is 0 Å². The van der Waals surface area contributed by atoms with Crippen molar-refractivity contribution in [2.45, 2.75) is 13.2 Å². The third kappa shape index (κ3) is 3.03. The van der Waals surface area contributed by atoms with Gasteiger partial charge in [-0.1, -0.05) is 30.3 Å². The predicted molar refractivity (Wildman–Crippen MR) is 75.3 cm³/mol. The quantitative estimate of drug-likeness (QED) is 0.853. The standard InChI is InChI=1S/C14H14BrNO2/c15-14-12(16)2-1-3-13(14)18-9-11-6-4-10(8-17)5-7-11/h1-7,17H,8-9,16H2. The van der Waals surface area contributed by atoms with Gasteiger partial charge in [0, 0.05) is 5.69 Å². The number of benzene rings is 2. The molecule has 0 radical (unpaired) electrons. The van der Waals surface area contributed by atoms with E-state index in [0.29, 0.717) is 12.3 Å². The van der Waals surface area contributed by atoms with E-state index in [1.807, 2.05) is 42.5 Å². The third-order valence-corrected chi connectivity index (χ3v) is 3.44. The highest BCUT2D eigenvalue weighted by Gasteiger charge is 2.04. The van der Waals surface area contributed by atoms with Crippen molar-refractivity contribution in [1.29, 1.82) is 0 Å². The van der Waals surface area contributed by atoms with Gasteiger partial charge in [-0.25, -0.2) is 0 Å². The van der Waals surface area contributed by atoms with Gasteiger partial charge in [-0.3, -0.25) is 0 Å². The third-order valence-electron chi connectivity index (χ3n) is 2.59. The zero-order valence-electron chi connectivity index (χ0n) is 9.77. The smallest absolute Gasteiger partial charge is 0.136 e. The molecule has 2 aromatic carbocycles. The second-order valence-corrected chi connectivity index (χ2v) is 4.72. The van der Waals surface area contributed by atoms with Gasteiger partial charge in [-0.2, -0.15) is 0 Å². The van der Waals surface area contributed by atoms with Crippen molar-refractivity contribution in [3.63, 3.8) is 0 Å². The summed E-state index contributed by atoms with van der Waals surface area (Å²) in [5.74, 6) is 0.723. The van der Waals surface area contributed by atoms with Crippen LogP contribution in [0.3, 0.4) is 0 Å². The van der Waals surface area contributed by atoms with Crippen molar-refractivity contribution < 1.29 is 9.84 Å². The SMILES string of the molecule is Nc1cccc(OCc2ccc(CO)cc2)c1Br. The minimum absolute atomic E-state index is 0.0574. The number of anilines is 1. The first-order valence-electron chi connectivity index (χ1n) is 5.56. The Hall–Kier alpha value is -1.52. The molecule has 0 aliphatic carbocycles. The van der Waals surface area contributed by atoms with Gasteiger partial charge in [0.25, 0.3) is 0 Å². The highest BCUT2D eigenvalue weighted by atomic mass is 79.9. The van der Waals surface area contributed by atoms with E-state index in [9.17, 15) is 0 Å². The lowest BCUT2D eigenvalue weighted by Gasteiger charge is -2.09. The number of aliphatic hydroxyl groups excluding tert-OH is 1. The second kappa shape index (κ2) is 5.89. The van der Waals surface area contributed by atoms with Crippen molar-refractivity contribution >= 4 is 21.6 Å². The first-order valence-corrected chi connectivity index (χ1v) is 6.35. The summed E-state index contributed by atoms with van der Waals surface area (Å²) in [7, 11) is 0. The molecule has 2 aromatic rings. The van der Waals surface area contributed by atoms with Crippen molar-refractivity contribution in [3.05, 3.63) is 58.1 Å². The molecular formula is C14H14BrNO2. The van der Waals surface area contributed by atoms with Crippen molar-refractivity contribution in [2.75, 3.05) is 5.73 Å². The molecule has 0 unspecified atom stereocenters. The minimum atomic E-state index is 0.0574. The molecule has 0 aromatic heterocycles. The molecule has 0 amide bonds. The predicted octanol–water partition coefficient (Wildman–Crippen LogP) is 3.10. The van der Waals surface area contributed by atoms with Gasteiger partial charge in [0.05, 0.1) is 11.1 Å². The van der Waals surface area contributed by atoms with Gasteiger partial charge >= 0.3 is 0 Å². The summed E-state index contributed by atoms with van der Waals surface area (Å²) in [5, 5.41) is 8.95. The number of halogens is 1. The molecular weight excluding hydrogens is 294 g/mol. The summed E-state index contributed by atoms with van der Waals surface area (Å²) in [6.07, 6.45) is 0. The molecule has 0 saturated carbocycles. The van der Waals surface area contributed by atoms with Crippen molar-refractivity contribution in [1.82, 2.24) is 0 Å². The average Bonchev–Trinajstić information content (AvgIpc) is 2.41. The van der Waals surface area contributed by atoms with Crippen LogP contribution in [-0.4, -0.2) is 5.11 Å². The van der Waals surface area contributed by atoms with Gasteiger partial charge in [-0.15, -0.1) is 0 Å². The Kier molecular flexibility index (Phi) is 4.23. The lowest BCUT2D eigenvalue weighted by Crippen LogP contribution is -1.98. The number of nitrogen functional groups attached to an aromatic ring is 1. The molecule has 2 rings (SSSR count). The van der Waals surface area contributed by atoms with E-state index in [1.54, 1.807) is 0 Å². The van der Waals surface area contributed by atoms with E-state index in [1.165, 1.54) is 0 Å². The van der Waals surface area contributed by atoms with Gasteiger partial charge < -0.3 is 15.6 Å². The first kappa shape index (κ1) is 12.9. The summed E-state index contributed by atoms with van der Waals surface area (Å²) in [4.78, 5) is 0. The molecule has 0 aliphatic rings. The second-order valence-electron chi connectivity index (χ2n) is 3.92. The van der Waals surface area contributed by atoms with Crippen LogP contribution in [-0.2, 0) is 13.2 Å². The summed E-state index contributed by atoms with van der Waals surface area (Å²) in [6.45, 7) is 0.523. The van der Waals surface area contributed by atoms with Crippen LogP contribution in [0.5, 0.6) is 5.75 Å². The Morgan fingerprint density at radius 2 is 1.72 bits per heavy atom. The zero-order valence-corrected chi connectivity index (χ0v) is 11.4. The van der Waals surface area contributed by atoms with Crippen LogP contribution in [0.15, 0.2) is 46.9 Å². The number of ether oxygens (including phenoxy) is 1. The Labute approximate surface area is 114 Å². The monoisotopic (exact) mass is 307 g/mol. The molecule has 3 N–H and O–H groups in total. The molecule has 94 valence electrons. The molecule has 4 heteroatoms. The molecule has 0 heterocycles. The van der Waals surface area contributed by atoms with Crippen LogP contribution < -0.4 is 10.5 Å². The lowest BCUT2D eigenvalue weighted by molar-refractivity contribution is 0.281. The highest BCUT2D eigenvalue weighted by Crippen LogP contribution is 2.30. The maximum Gasteiger partial charge on any atom is 0.136 e. The average molecular weight is 308 g/mol. The van der Waals surface area contributed by atoms with E-state index in [-0.39, 0.29) is 6.61 Å². The largest absolute Gasteiger partial charge is 0.488 e. The van der Waals surface area contributed by atoms with Crippen LogP contribution in [0.2, 0.25) is 0 Å². The maximum atomic E-state index is 8.95. The van der Waals surface area contributed by atoms with Crippen LogP contribution in [0.1, 0.15) is 11.1 Å². The lowest BCUT2D eigenvalue weighted by atomic mass is 10.1. The normalized spacial score (nSPS) is 10.3. The Bertz CT molecular complexity index is 526. The van der Waals surface area contributed by atoms with Gasteiger partial charge in [-0.05, 0) is 39.2 Å². The molecule has 0 spiro atoms. The number of rotatable bonds is 4. The van der Waals surface area contributed by atoms with Crippen LogP contribution in [0.25, 0.3) is 0 Å². The zero-order chi connectivity index (χ0) is 13.0. The Morgan fingerprint density at radius 3 is 2.39 bits per heavy atom. The van der Waals surface area contributed by atoms with Gasteiger partial charge in [0.1, 0.15) is 12.4 Å². The maximum absolute atomic E-state index is 8.95. The molecule has 0 saturated heterocycles. The molecule has 0 aliphatic heterocycles. The Morgan fingerprint density at radius 1 is 1.06 bits per heavy atom. The Balaban J connectivity index is 2.04. The fourth-order valence-corrected chi connectivity index (χ4v) is 1.92. The summed E-state index contributed by atoms with van der Waals surface area (Å²) in [6, 6.07) is 13.2. The molecule has 0 bridgehead atoms. The molecule has 0 atom stereocenters. The van der Waals surface area contributed by atoms with Crippen LogP contribution in [0, 0.1) is 0 Å². The van der Waals surface area contributed by atoms with E-state index in [0.717, 1.165) is 21.3 Å². The number of hydrogen-bond donors (Lipinski definition) is 2. The fourth-order valence-electron chi connectivity index (χ4n) is 1.54. The number of aliphatic hydroxyl groups is 1. The molecule has 0 fully saturated rings. The summed E-state index contributed by atoms with van der Waals surface area (Å²) in [5.41, 5.74) is 8.36. The van der Waals surface area contributed by atoms with Gasteiger partial charge in [0.15, 0.2) is 0 Å². The van der Waals surface area contributed by atoms with Crippen molar-refractivity contribution in [3.8, 4) is 5.75 Å². The minimum Gasteiger partial charge on any atom is -0.488 e. The fraction of sp³-hybridized carbons (Fsp3) is 0.143. The van der Waals surface area contributed by atoms with Crippen LogP contribution >= 0.6 is 15.9 Å². The van der Waals surface area contributed by atoms with Gasteiger partial charge in [0.2, 0.25) is 0 Å². The number of nitrogens with two attached hydrogens (primary N) is 1.